The minimum Gasteiger partial charge on any atom is -0.288 e. The first kappa shape index (κ1) is 14.3. The number of fused-ring (bicyclic) bond motifs is 3. The van der Waals surface area contributed by atoms with Crippen LogP contribution >= 0.6 is 0 Å². The second-order valence-electron chi connectivity index (χ2n) is 5.64. The lowest BCUT2D eigenvalue weighted by molar-refractivity contribution is 0.104. The summed E-state index contributed by atoms with van der Waals surface area (Å²) < 4.78 is 14.4. The highest BCUT2D eigenvalue weighted by Gasteiger charge is 2.33. The molecule has 0 radical (unpaired) electrons. The van der Waals surface area contributed by atoms with Gasteiger partial charge in [-0.15, -0.1) is 0 Å². The van der Waals surface area contributed by atoms with Crippen LogP contribution in [0.15, 0.2) is 48.5 Å². The Morgan fingerprint density at radius 2 is 1.58 bits per heavy atom. The van der Waals surface area contributed by atoms with Crippen molar-refractivity contribution in [3.05, 3.63) is 76.7 Å². The topological polar surface area (TPSA) is 53.8 Å². The van der Waals surface area contributed by atoms with Gasteiger partial charge in [0.15, 0.2) is 5.78 Å². The number of pyridine rings is 1. The number of nitriles is 1. The van der Waals surface area contributed by atoms with Crippen molar-refractivity contribution in [1.82, 2.24) is 4.98 Å². The third kappa shape index (κ3) is 1.82. The van der Waals surface area contributed by atoms with Gasteiger partial charge >= 0.3 is 0 Å². The van der Waals surface area contributed by atoms with Gasteiger partial charge in [0.2, 0.25) is 0 Å². The van der Waals surface area contributed by atoms with Crippen LogP contribution < -0.4 is 0 Å². The van der Waals surface area contributed by atoms with E-state index in [0.717, 1.165) is 5.56 Å². The Labute approximate surface area is 138 Å². The van der Waals surface area contributed by atoms with Crippen molar-refractivity contribution in [3.63, 3.8) is 0 Å². The van der Waals surface area contributed by atoms with Gasteiger partial charge in [-0.1, -0.05) is 42.5 Å². The highest BCUT2D eigenvalue weighted by atomic mass is 19.1. The normalized spacial score (nSPS) is 11.8. The molecular formula is C20H11FN2O. The van der Waals surface area contributed by atoms with Crippen LogP contribution in [0.2, 0.25) is 0 Å². The summed E-state index contributed by atoms with van der Waals surface area (Å²) in [4.78, 5) is 17.4. The number of aromatic nitrogens is 1. The molecule has 0 spiro atoms. The van der Waals surface area contributed by atoms with E-state index in [1.807, 2.05) is 12.1 Å². The SMILES string of the molecule is Cc1nc2c(c(-c3ccccc3F)c1C#N)C(=O)c1ccccc1-2. The Bertz CT molecular complexity index is 1060. The predicted octanol–water partition coefficient (Wildman–Crippen LogP) is 4.28. The molecule has 1 aromatic heterocycles. The van der Waals surface area contributed by atoms with E-state index in [1.165, 1.54) is 6.07 Å². The molecule has 4 rings (SSSR count). The molecule has 3 aromatic rings. The fourth-order valence-electron chi connectivity index (χ4n) is 3.21. The zero-order chi connectivity index (χ0) is 16.8. The number of nitrogens with zero attached hydrogens (tertiary/aromatic N) is 2. The number of carbonyl (C=O) groups is 1. The molecular weight excluding hydrogens is 303 g/mol. The first-order valence-corrected chi connectivity index (χ1v) is 7.47. The monoisotopic (exact) mass is 314 g/mol. The molecule has 0 saturated carbocycles. The molecule has 0 bridgehead atoms. The van der Waals surface area contributed by atoms with Crippen LogP contribution in [-0.4, -0.2) is 10.8 Å². The van der Waals surface area contributed by atoms with Crippen LogP contribution in [0.5, 0.6) is 0 Å². The fourth-order valence-corrected chi connectivity index (χ4v) is 3.21. The number of carbonyl (C=O) groups excluding carboxylic acids is 1. The third-order valence-corrected chi connectivity index (χ3v) is 4.29. The van der Waals surface area contributed by atoms with Gasteiger partial charge in [0.1, 0.15) is 11.9 Å². The second-order valence-corrected chi connectivity index (χ2v) is 5.64. The van der Waals surface area contributed by atoms with E-state index >= 15 is 0 Å². The number of halogens is 1. The Balaban J connectivity index is 2.17. The Morgan fingerprint density at radius 1 is 0.958 bits per heavy atom. The Hall–Kier alpha value is -3.32. The maximum Gasteiger partial charge on any atom is 0.196 e. The van der Waals surface area contributed by atoms with Crippen molar-refractivity contribution in [2.24, 2.45) is 0 Å². The minimum absolute atomic E-state index is 0.220. The van der Waals surface area contributed by atoms with Crippen molar-refractivity contribution >= 4 is 5.78 Å². The average molecular weight is 314 g/mol. The van der Waals surface area contributed by atoms with E-state index in [-0.39, 0.29) is 16.9 Å². The second kappa shape index (κ2) is 5.10. The van der Waals surface area contributed by atoms with Gasteiger partial charge in [0.05, 0.1) is 22.5 Å². The van der Waals surface area contributed by atoms with Gasteiger partial charge in [-0.2, -0.15) is 5.26 Å². The molecule has 0 aliphatic heterocycles. The van der Waals surface area contributed by atoms with Gasteiger partial charge in [-0.3, -0.25) is 9.78 Å². The Morgan fingerprint density at radius 3 is 2.25 bits per heavy atom. The molecule has 1 heterocycles. The first-order valence-electron chi connectivity index (χ1n) is 7.47. The molecule has 1 aliphatic carbocycles. The van der Waals surface area contributed by atoms with Gasteiger partial charge in [0, 0.05) is 22.3 Å². The predicted molar refractivity (Wildman–Crippen MR) is 88.0 cm³/mol. The summed E-state index contributed by atoms with van der Waals surface area (Å²) in [6, 6.07) is 15.4. The van der Waals surface area contributed by atoms with Crippen LogP contribution in [0.1, 0.15) is 27.2 Å². The Kier molecular flexibility index (Phi) is 3.04. The van der Waals surface area contributed by atoms with Crippen molar-refractivity contribution in [1.29, 1.82) is 5.26 Å². The van der Waals surface area contributed by atoms with Crippen molar-refractivity contribution in [2.75, 3.05) is 0 Å². The molecule has 0 N–H and O–H groups in total. The quantitative estimate of drug-likeness (QED) is 0.527. The van der Waals surface area contributed by atoms with Crippen molar-refractivity contribution in [3.8, 4) is 28.5 Å². The van der Waals surface area contributed by atoms with E-state index in [1.54, 1.807) is 37.3 Å². The maximum absolute atomic E-state index is 14.4. The van der Waals surface area contributed by atoms with Crippen molar-refractivity contribution in [2.45, 2.75) is 6.92 Å². The summed E-state index contributed by atoms with van der Waals surface area (Å²) in [5.41, 5.74) is 3.39. The number of hydrogen-bond acceptors (Lipinski definition) is 3. The number of aryl methyl sites for hydroxylation is 1. The summed E-state index contributed by atoms with van der Waals surface area (Å²) in [5, 5.41) is 9.56. The van der Waals surface area contributed by atoms with Gasteiger partial charge in [-0.25, -0.2) is 4.39 Å². The summed E-state index contributed by atoms with van der Waals surface area (Å²) >= 11 is 0. The molecule has 0 amide bonds. The summed E-state index contributed by atoms with van der Waals surface area (Å²) in [7, 11) is 0. The average Bonchev–Trinajstić information content (AvgIpc) is 2.87. The van der Waals surface area contributed by atoms with E-state index < -0.39 is 5.82 Å². The van der Waals surface area contributed by atoms with E-state index in [9.17, 15) is 14.4 Å². The van der Waals surface area contributed by atoms with Gasteiger partial charge < -0.3 is 0 Å². The van der Waals surface area contributed by atoms with Crippen molar-refractivity contribution < 1.29 is 9.18 Å². The van der Waals surface area contributed by atoms with E-state index in [2.05, 4.69) is 11.1 Å². The summed E-state index contributed by atoms with van der Waals surface area (Å²) in [6.45, 7) is 1.70. The molecule has 24 heavy (non-hydrogen) atoms. The molecule has 0 fully saturated rings. The molecule has 0 unspecified atom stereocenters. The number of rotatable bonds is 1. The molecule has 0 atom stereocenters. The molecule has 114 valence electrons. The smallest absolute Gasteiger partial charge is 0.196 e. The lowest BCUT2D eigenvalue weighted by Gasteiger charge is -2.13. The molecule has 1 aliphatic rings. The lowest BCUT2D eigenvalue weighted by atomic mass is 9.92. The number of ketones is 1. The van der Waals surface area contributed by atoms with Crippen LogP contribution in [0.4, 0.5) is 4.39 Å². The lowest BCUT2D eigenvalue weighted by Crippen LogP contribution is -2.05. The molecule has 2 aromatic carbocycles. The highest BCUT2D eigenvalue weighted by Crippen LogP contribution is 2.43. The fraction of sp³-hybridized carbons (Fsp3) is 0.0500. The van der Waals surface area contributed by atoms with Crippen LogP contribution in [0.3, 0.4) is 0 Å². The van der Waals surface area contributed by atoms with Crippen LogP contribution in [0, 0.1) is 24.1 Å². The number of hydrogen-bond donors (Lipinski definition) is 0. The maximum atomic E-state index is 14.4. The first-order chi connectivity index (χ1) is 11.6. The third-order valence-electron chi connectivity index (χ3n) is 4.29. The standard InChI is InChI=1S/C20H11FN2O/c1-11-15(10-22)17(14-8-4-5-9-16(14)21)18-19(23-11)12-6-2-3-7-13(12)20(18)24/h2-9H,1H3. The minimum atomic E-state index is -0.467. The van der Waals surface area contributed by atoms with Gasteiger partial charge in [0.25, 0.3) is 0 Å². The summed E-state index contributed by atoms with van der Waals surface area (Å²) in [5.74, 6) is -0.687. The zero-order valence-corrected chi connectivity index (χ0v) is 12.8. The van der Waals surface area contributed by atoms with Gasteiger partial charge in [-0.05, 0) is 13.0 Å². The largest absolute Gasteiger partial charge is 0.288 e. The summed E-state index contributed by atoms with van der Waals surface area (Å²) in [6.07, 6.45) is 0. The van der Waals surface area contributed by atoms with E-state index in [0.29, 0.717) is 28.1 Å². The zero-order valence-electron chi connectivity index (χ0n) is 12.8. The molecule has 4 heteroatoms. The van der Waals surface area contributed by atoms with Crippen LogP contribution in [0.25, 0.3) is 22.4 Å². The highest BCUT2D eigenvalue weighted by molar-refractivity contribution is 6.24. The van der Waals surface area contributed by atoms with Crippen LogP contribution in [-0.2, 0) is 0 Å². The molecule has 0 saturated heterocycles. The van der Waals surface area contributed by atoms with E-state index in [4.69, 9.17) is 0 Å². The number of benzene rings is 2. The molecule has 3 nitrogen and oxygen atoms in total.